The topological polar surface area (TPSA) is 66.6 Å². The van der Waals surface area contributed by atoms with Crippen molar-refractivity contribution in [2.24, 2.45) is 0 Å². The number of unbranched alkanes of at least 4 members (excludes halogenated alkanes) is 1. The number of thiophene rings is 1. The second kappa shape index (κ2) is 10.4. The Bertz CT molecular complexity index is 1050. The number of methoxy groups -OCH3 is 2. The maximum Gasteiger partial charge on any atom is 0.253 e. The van der Waals surface area contributed by atoms with Gasteiger partial charge in [-0.1, -0.05) is 19.4 Å². The van der Waals surface area contributed by atoms with E-state index < -0.39 is 0 Å². The molecule has 0 atom stereocenters. The SMILES string of the molecule is CCCCNC(=S)N(Cc1cccs1)Cc1cc2cc(OC)c(OC)cc2[nH]c1=O. The van der Waals surface area contributed by atoms with Gasteiger partial charge >= 0.3 is 0 Å². The molecule has 0 radical (unpaired) electrons. The van der Waals surface area contributed by atoms with Gasteiger partial charge in [-0.3, -0.25) is 4.79 Å². The van der Waals surface area contributed by atoms with Crippen molar-refractivity contribution in [2.75, 3.05) is 20.8 Å². The van der Waals surface area contributed by atoms with Crippen molar-refractivity contribution in [3.05, 3.63) is 56.5 Å². The second-order valence-electron chi connectivity index (χ2n) is 6.94. The fraction of sp³-hybridized carbons (Fsp3) is 0.364. The van der Waals surface area contributed by atoms with Crippen molar-refractivity contribution in [1.82, 2.24) is 15.2 Å². The van der Waals surface area contributed by atoms with E-state index in [0.717, 1.165) is 24.8 Å². The molecule has 8 heteroatoms. The van der Waals surface area contributed by atoms with Crippen LogP contribution in [0, 0.1) is 0 Å². The lowest BCUT2D eigenvalue weighted by molar-refractivity contribution is 0.355. The summed E-state index contributed by atoms with van der Waals surface area (Å²) >= 11 is 7.32. The predicted octanol–water partition coefficient (Wildman–Crippen LogP) is 4.28. The summed E-state index contributed by atoms with van der Waals surface area (Å²) in [5, 5.41) is 6.90. The fourth-order valence-corrected chi connectivity index (χ4v) is 4.13. The Morgan fingerprint density at radius 3 is 2.63 bits per heavy atom. The monoisotopic (exact) mass is 445 g/mol. The number of rotatable bonds is 9. The van der Waals surface area contributed by atoms with Gasteiger partial charge in [-0.25, -0.2) is 0 Å². The highest BCUT2D eigenvalue weighted by Crippen LogP contribution is 2.31. The van der Waals surface area contributed by atoms with Crippen LogP contribution in [0.3, 0.4) is 0 Å². The highest BCUT2D eigenvalue weighted by Gasteiger charge is 2.15. The standard InChI is InChI=1S/C22H27N3O3S2/c1-4-5-8-23-22(29)25(14-17-7-6-9-30-17)13-16-10-15-11-19(27-2)20(28-3)12-18(15)24-21(16)26/h6-7,9-12H,4-5,8,13-14H2,1-3H3,(H,23,29)(H,24,26). The van der Waals surface area contributed by atoms with Crippen molar-refractivity contribution in [3.8, 4) is 11.5 Å². The fourth-order valence-electron chi connectivity index (χ4n) is 3.18. The van der Waals surface area contributed by atoms with Gasteiger partial charge in [-0.05, 0) is 42.2 Å². The number of hydrogen-bond acceptors (Lipinski definition) is 5. The Hall–Kier alpha value is -2.58. The van der Waals surface area contributed by atoms with Gasteiger partial charge in [0.15, 0.2) is 16.6 Å². The first kappa shape index (κ1) is 22.1. The average Bonchev–Trinajstić information content (AvgIpc) is 3.26. The Balaban J connectivity index is 1.90. The molecule has 160 valence electrons. The number of pyridine rings is 1. The molecule has 30 heavy (non-hydrogen) atoms. The molecule has 2 N–H and O–H groups in total. The molecular weight excluding hydrogens is 418 g/mol. The van der Waals surface area contributed by atoms with Gasteiger partial charge in [0, 0.05) is 28.4 Å². The van der Waals surface area contributed by atoms with E-state index in [1.807, 2.05) is 28.5 Å². The molecule has 2 heterocycles. The van der Waals surface area contributed by atoms with Gasteiger partial charge in [0.1, 0.15) is 0 Å². The van der Waals surface area contributed by atoms with E-state index in [4.69, 9.17) is 21.7 Å². The lowest BCUT2D eigenvalue weighted by atomic mass is 10.1. The minimum absolute atomic E-state index is 0.137. The molecule has 0 bridgehead atoms. The van der Waals surface area contributed by atoms with Crippen LogP contribution in [0.2, 0.25) is 0 Å². The third-order valence-corrected chi connectivity index (χ3v) is 6.07. The number of fused-ring (bicyclic) bond motifs is 1. The van der Waals surface area contributed by atoms with Crippen molar-refractivity contribution in [1.29, 1.82) is 0 Å². The molecule has 0 aliphatic carbocycles. The molecule has 0 spiro atoms. The van der Waals surface area contributed by atoms with Gasteiger partial charge in [0.05, 0.1) is 32.8 Å². The Labute approximate surface area is 185 Å². The summed E-state index contributed by atoms with van der Waals surface area (Å²) in [6.45, 7) is 4.03. The first-order valence-corrected chi connectivity index (χ1v) is 11.2. The first-order valence-electron chi connectivity index (χ1n) is 9.88. The van der Waals surface area contributed by atoms with Gasteiger partial charge in [0.25, 0.3) is 5.56 Å². The average molecular weight is 446 g/mol. The number of nitrogens with zero attached hydrogens (tertiary/aromatic N) is 1. The van der Waals surface area contributed by atoms with E-state index in [0.29, 0.717) is 40.8 Å². The number of nitrogens with one attached hydrogen (secondary N) is 2. The molecule has 6 nitrogen and oxygen atoms in total. The summed E-state index contributed by atoms with van der Waals surface area (Å²) < 4.78 is 10.7. The minimum Gasteiger partial charge on any atom is -0.493 e. The molecule has 0 saturated carbocycles. The van der Waals surface area contributed by atoms with Crippen LogP contribution in [0.5, 0.6) is 11.5 Å². The zero-order chi connectivity index (χ0) is 21.5. The van der Waals surface area contributed by atoms with E-state index in [2.05, 4.69) is 23.3 Å². The van der Waals surface area contributed by atoms with Crippen molar-refractivity contribution in [2.45, 2.75) is 32.9 Å². The molecule has 1 aromatic carbocycles. The molecule has 0 amide bonds. The van der Waals surface area contributed by atoms with Crippen LogP contribution in [0.1, 0.15) is 30.2 Å². The zero-order valence-electron chi connectivity index (χ0n) is 17.5. The number of H-pyrrole nitrogens is 1. The minimum atomic E-state index is -0.137. The first-order chi connectivity index (χ1) is 14.5. The Morgan fingerprint density at radius 1 is 1.20 bits per heavy atom. The van der Waals surface area contributed by atoms with E-state index in [-0.39, 0.29) is 5.56 Å². The molecular formula is C22H27N3O3S2. The second-order valence-corrected chi connectivity index (χ2v) is 8.36. The number of benzene rings is 1. The molecule has 2 aromatic heterocycles. The van der Waals surface area contributed by atoms with E-state index in [9.17, 15) is 4.79 Å². The highest BCUT2D eigenvalue weighted by atomic mass is 32.1. The summed E-state index contributed by atoms with van der Waals surface area (Å²) in [4.78, 5) is 19.0. The molecule has 0 unspecified atom stereocenters. The number of ether oxygens (including phenoxy) is 2. The van der Waals surface area contributed by atoms with Crippen LogP contribution >= 0.6 is 23.6 Å². The predicted molar refractivity (Wildman–Crippen MR) is 127 cm³/mol. The largest absolute Gasteiger partial charge is 0.493 e. The normalized spacial score (nSPS) is 10.8. The highest BCUT2D eigenvalue weighted by molar-refractivity contribution is 7.80. The Kier molecular flexibility index (Phi) is 7.70. The lowest BCUT2D eigenvalue weighted by Crippen LogP contribution is -2.40. The molecule has 0 saturated heterocycles. The van der Waals surface area contributed by atoms with E-state index in [1.54, 1.807) is 31.6 Å². The molecule has 3 rings (SSSR count). The summed E-state index contributed by atoms with van der Waals surface area (Å²) in [5.74, 6) is 1.20. The van der Waals surface area contributed by atoms with Gasteiger partial charge in [-0.15, -0.1) is 11.3 Å². The van der Waals surface area contributed by atoms with Gasteiger partial charge in [-0.2, -0.15) is 0 Å². The summed E-state index contributed by atoms with van der Waals surface area (Å²) in [6, 6.07) is 9.64. The maximum absolute atomic E-state index is 12.8. The van der Waals surface area contributed by atoms with Crippen molar-refractivity contribution >= 4 is 39.6 Å². The molecule has 3 aromatic rings. The van der Waals surface area contributed by atoms with E-state index >= 15 is 0 Å². The summed E-state index contributed by atoms with van der Waals surface area (Å²) in [6.07, 6.45) is 2.14. The van der Waals surface area contributed by atoms with E-state index in [1.165, 1.54) is 4.88 Å². The van der Waals surface area contributed by atoms with Crippen LogP contribution < -0.4 is 20.3 Å². The number of aromatic nitrogens is 1. The maximum atomic E-state index is 12.8. The quantitative estimate of drug-likeness (QED) is 0.378. The van der Waals surface area contributed by atoms with Gasteiger partial charge in [0.2, 0.25) is 0 Å². The number of aromatic amines is 1. The van der Waals surface area contributed by atoms with Crippen molar-refractivity contribution < 1.29 is 9.47 Å². The third-order valence-electron chi connectivity index (χ3n) is 4.81. The van der Waals surface area contributed by atoms with Crippen LogP contribution in [0.4, 0.5) is 0 Å². The summed E-state index contributed by atoms with van der Waals surface area (Å²) in [5.41, 5.74) is 1.21. The number of hydrogen-bond donors (Lipinski definition) is 2. The van der Waals surface area contributed by atoms with Gasteiger partial charge < -0.3 is 24.7 Å². The number of thiocarbonyl (C=S) groups is 1. The Morgan fingerprint density at radius 2 is 1.97 bits per heavy atom. The lowest BCUT2D eigenvalue weighted by Gasteiger charge is -2.25. The van der Waals surface area contributed by atoms with Crippen LogP contribution in [0.25, 0.3) is 10.9 Å². The third kappa shape index (κ3) is 5.31. The van der Waals surface area contributed by atoms with Crippen LogP contribution in [-0.4, -0.2) is 35.8 Å². The smallest absolute Gasteiger partial charge is 0.253 e. The molecule has 0 fully saturated rings. The van der Waals surface area contributed by atoms with Crippen molar-refractivity contribution in [3.63, 3.8) is 0 Å². The van der Waals surface area contributed by atoms with Crippen LogP contribution in [0.15, 0.2) is 40.5 Å². The molecule has 0 aliphatic rings. The molecule has 0 aliphatic heterocycles. The summed E-state index contributed by atoms with van der Waals surface area (Å²) in [7, 11) is 3.17. The zero-order valence-corrected chi connectivity index (χ0v) is 19.1. The van der Waals surface area contributed by atoms with Crippen LogP contribution in [-0.2, 0) is 13.1 Å².